The highest BCUT2D eigenvalue weighted by Gasteiger charge is 2.34. The van der Waals surface area contributed by atoms with Crippen molar-refractivity contribution in [3.8, 4) is 81.4 Å². The summed E-state index contributed by atoms with van der Waals surface area (Å²) < 4.78 is 61.6. The van der Waals surface area contributed by atoms with Crippen molar-refractivity contribution in [3.63, 3.8) is 0 Å². The second kappa shape index (κ2) is 20.9. The number of rotatable bonds is 8. The van der Waals surface area contributed by atoms with E-state index < -0.39 is 61.9 Å². The maximum Gasteiger partial charge on any atom is 0.226 e. The first-order valence-electron chi connectivity index (χ1n) is 23.4. The van der Waals surface area contributed by atoms with Crippen molar-refractivity contribution in [2.24, 2.45) is 0 Å². The molecule has 0 bridgehead atoms. The minimum Gasteiger partial charge on any atom is -0.250 e. The molecule has 0 saturated carbocycles. The van der Waals surface area contributed by atoms with Crippen LogP contribution in [0.5, 0.6) is 0 Å². The first-order valence-corrected chi connectivity index (χ1v) is 26.3. The van der Waals surface area contributed by atoms with Crippen molar-refractivity contribution in [3.05, 3.63) is 211 Å². The second-order valence-electron chi connectivity index (χ2n) is 17.4. The number of fused-ring (bicyclic) bond motifs is 6. The van der Waals surface area contributed by atoms with Gasteiger partial charge < -0.3 is 0 Å². The van der Waals surface area contributed by atoms with E-state index in [1.165, 1.54) is 72.8 Å². The quantitative estimate of drug-likeness (QED) is 0.101. The van der Waals surface area contributed by atoms with Gasteiger partial charge in [0.15, 0.2) is 32.8 Å². The number of nitrogens with zero attached hydrogens (tertiary/aromatic N) is 18. The summed E-state index contributed by atoms with van der Waals surface area (Å²) in [5, 5.41) is 58.3. The Morgan fingerprint density at radius 1 is 0.298 bits per heavy atom. The average molecular weight is 1120 g/mol. The molecule has 24 heteroatoms. The van der Waals surface area contributed by atoms with Gasteiger partial charge in [0.05, 0.1) is 106 Å². The topological polar surface area (TPSA) is 315 Å². The van der Waals surface area contributed by atoms with Crippen LogP contribution in [-0.2, 0) is 19.7 Å². The van der Waals surface area contributed by atoms with Gasteiger partial charge in [0.25, 0.3) is 0 Å². The molecular weight excluding hydrogens is 1100 g/mol. The lowest BCUT2D eigenvalue weighted by Crippen LogP contribution is -2.12. The third-order valence-corrected chi connectivity index (χ3v) is 16.2. The Morgan fingerprint density at radius 2 is 0.619 bits per heavy atom. The fourth-order valence-electron chi connectivity index (χ4n) is 8.85. The molecule has 0 aliphatic rings. The molecule has 0 saturated heterocycles. The first-order chi connectivity index (χ1) is 40.6. The lowest BCUT2D eigenvalue weighted by molar-refractivity contribution is 0.591. The molecule has 84 heavy (non-hydrogen) atoms. The number of hydrogen-bond acceptors (Lipinski definition) is 16. The van der Waals surface area contributed by atoms with Crippen molar-refractivity contribution in [1.82, 2.24) is 29.9 Å². The largest absolute Gasteiger partial charge is 0.250 e. The van der Waals surface area contributed by atoms with Crippen LogP contribution in [0.15, 0.2) is 129 Å². The van der Waals surface area contributed by atoms with E-state index in [1.807, 2.05) is 30.3 Å². The Labute approximate surface area is 475 Å². The fraction of sp³-hybridized carbons (Fsp3) is 0. The Morgan fingerprint density at radius 3 is 1.04 bits per heavy atom. The van der Waals surface area contributed by atoms with Crippen molar-refractivity contribution in [1.29, 1.82) is 31.6 Å². The molecule has 10 aromatic rings. The molecule has 0 fully saturated rings. The van der Waals surface area contributed by atoms with Gasteiger partial charge in [0, 0.05) is 11.1 Å². The molecule has 0 atom stereocenters. The van der Waals surface area contributed by atoms with Crippen LogP contribution in [0.25, 0.3) is 107 Å². The van der Waals surface area contributed by atoms with E-state index in [-0.39, 0.29) is 123 Å². The Kier molecular flexibility index (Phi) is 13.4. The van der Waals surface area contributed by atoms with Crippen LogP contribution in [0.3, 0.4) is 0 Å². The summed E-state index contributed by atoms with van der Waals surface area (Å²) in [6, 6.07) is 33.1. The van der Waals surface area contributed by atoms with E-state index in [0.717, 1.165) is 36.4 Å². The highest BCUT2D eigenvalue weighted by Crippen LogP contribution is 2.44. The van der Waals surface area contributed by atoms with Crippen LogP contribution >= 0.6 is 0 Å². The summed E-state index contributed by atoms with van der Waals surface area (Å²) in [7, 11) is -10.2. The Hall–Kier alpha value is -13.7. The van der Waals surface area contributed by atoms with Crippen LogP contribution in [0.2, 0.25) is 0 Å². The van der Waals surface area contributed by atoms with Gasteiger partial charge in [-0.05, 0) is 53.6 Å². The summed E-state index contributed by atoms with van der Waals surface area (Å²) in [6.07, 6.45) is 0. The summed E-state index contributed by atoms with van der Waals surface area (Å²) >= 11 is 0. The van der Waals surface area contributed by atoms with Gasteiger partial charge in [-0.2, -0.15) is 31.6 Å². The lowest BCUT2D eigenvalue weighted by Gasteiger charge is -2.18. The molecular formula is C60H18N18O4S2. The standard InChI is InChI=1S/C60H18N18O4S2/c1-67-43-18-15-41(21-40(43)30-66)83(79,80)60-52(34-13-17-45(69-3)48(23-34)72-6)76-56-54-53(73-49(31-7-9-35(25-61)38(19-31)28-64)50(74-54)33-12-16-44(68-2)47(22-33)71-5)55-57(58(56)78-60)77-59(51(75-55)32-8-10-36(26-62)39(20-32)29-65)84(81,82)42-14-11-37(27-63)46(24-42)70-4/h7-24H. The predicted octanol–water partition coefficient (Wildman–Crippen LogP) is 12.4. The number of sulfone groups is 2. The van der Waals surface area contributed by atoms with Gasteiger partial charge in [-0.3, -0.25) is 19.4 Å². The molecule has 384 valence electrons. The Bertz CT molecular complexity index is 5200. The van der Waals surface area contributed by atoms with Gasteiger partial charge in [-0.1, -0.05) is 66.7 Å². The van der Waals surface area contributed by atoms with Crippen molar-refractivity contribution < 1.29 is 16.8 Å². The van der Waals surface area contributed by atoms with Gasteiger partial charge in [-0.15, -0.1) is 0 Å². The molecule has 0 N–H and O–H groups in total. The highest BCUT2D eigenvalue weighted by atomic mass is 32.2. The molecule has 10 rings (SSSR count). The minimum absolute atomic E-state index is 0.0237. The molecule has 0 aliphatic carbocycles. The van der Waals surface area contributed by atoms with E-state index in [4.69, 9.17) is 69.3 Å². The molecule has 22 nitrogen and oxygen atoms in total. The van der Waals surface area contributed by atoms with Gasteiger partial charge in [0.2, 0.25) is 31.0 Å². The van der Waals surface area contributed by atoms with Crippen LogP contribution in [0, 0.1) is 107 Å². The highest BCUT2D eigenvalue weighted by molar-refractivity contribution is 7.91. The lowest BCUT2D eigenvalue weighted by atomic mass is 9.98. The number of benzene rings is 7. The van der Waals surface area contributed by atoms with Crippen molar-refractivity contribution >= 4 is 86.9 Å². The molecule has 3 heterocycles. The molecule has 0 spiro atoms. The van der Waals surface area contributed by atoms with E-state index in [1.54, 1.807) is 6.07 Å². The van der Waals surface area contributed by atoms with Crippen LogP contribution in [0.1, 0.15) is 33.4 Å². The normalized spacial score (nSPS) is 10.7. The summed E-state index contributed by atoms with van der Waals surface area (Å²) in [6.45, 7) is 46.7. The SMILES string of the molecule is [C-]#[N+]c1ccc(S(=O)(=O)c2nc3c(nc2-c2ccc([N+]#[C-])c([N+]#[C-])c2)c2nc(-c4ccc([N+]#[C-])c([N+]#[C-])c4)c(-c4ccc(C#N)c(C#N)c4)nc2c2nc(-c4ccc(C#N)c(C#N)c4)c(S(=O)(=O)c4ccc(C#N)c([N+]#[C-])c4)nc23)cc1C#N. The predicted molar refractivity (Wildman–Crippen MR) is 297 cm³/mol. The maximum atomic E-state index is 15.4. The fourth-order valence-corrected chi connectivity index (χ4v) is 11.6. The van der Waals surface area contributed by atoms with E-state index in [2.05, 4.69) is 29.1 Å². The molecule has 0 radical (unpaired) electrons. The molecule has 0 unspecified atom stereocenters. The van der Waals surface area contributed by atoms with E-state index in [0.29, 0.717) is 0 Å². The Balaban J connectivity index is 1.49. The first kappa shape index (κ1) is 53.7. The van der Waals surface area contributed by atoms with Gasteiger partial charge in [0.1, 0.15) is 68.8 Å². The summed E-state index contributed by atoms with van der Waals surface area (Å²) in [5.74, 6) is 0. The van der Waals surface area contributed by atoms with Crippen molar-refractivity contribution in [2.75, 3.05) is 0 Å². The number of hydrogen-bond donors (Lipinski definition) is 0. The summed E-state index contributed by atoms with van der Waals surface area (Å²) in [4.78, 5) is 48.9. The summed E-state index contributed by atoms with van der Waals surface area (Å²) in [5.41, 5.74) is -5.65. The smallest absolute Gasteiger partial charge is 0.226 e. The minimum atomic E-state index is -5.09. The number of aromatic nitrogens is 6. The third-order valence-electron chi connectivity index (χ3n) is 12.9. The van der Waals surface area contributed by atoms with Crippen LogP contribution < -0.4 is 0 Å². The zero-order chi connectivity index (χ0) is 59.8. The van der Waals surface area contributed by atoms with E-state index in [9.17, 15) is 31.6 Å². The van der Waals surface area contributed by atoms with Gasteiger partial charge >= 0.3 is 0 Å². The molecule has 0 aliphatic heterocycles. The average Bonchev–Trinajstić information content (AvgIpc) is 2.78. The maximum absolute atomic E-state index is 15.4. The third kappa shape index (κ3) is 8.74. The molecule has 7 aromatic carbocycles. The van der Waals surface area contributed by atoms with E-state index >= 15 is 16.8 Å². The zero-order valence-corrected chi connectivity index (χ0v) is 43.5. The molecule has 0 amide bonds. The van der Waals surface area contributed by atoms with Crippen molar-refractivity contribution in [2.45, 2.75) is 19.8 Å². The zero-order valence-electron chi connectivity index (χ0n) is 41.9. The number of nitriles is 6. The molecule has 3 aromatic heterocycles. The van der Waals surface area contributed by atoms with Gasteiger partial charge in [-0.25, -0.2) is 56.4 Å². The second-order valence-corrected chi connectivity index (χ2v) is 21.1. The van der Waals surface area contributed by atoms with Crippen LogP contribution in [-0.4, -0.2) is 46.7 Å². The monoisotopic (exact) mass is 1120 g/mol. The van der Waals surface area contributed by atoms with Crippen LogP contribution in [0.4, 0.5) is 34.1 Å².